The second-order valence-electron chi connectivity index (χ2n) is 6.56. The lowest BCUT2D eigenvalue weighted by Gasteiger charge is -2.18. The monoisotopic (exact) mass is 410 g/mol. The average molecular weight is 410 g/mol. The molecule has 0 amide bonds. The van der Waals surface area contributed by atoms with Crippen LogP contribution in [-0.2, 0) is 25.5 Å². The minimum Gasteiger partial charge on any atom is -0.474 e. The van der Waals surface area contributed by atoms with Gasteiger partial charge >= 0.3 is 17.6 Å². The van der Waals surface area contributed by atoms with E-state index in [0.717, 1.165) is 0 Å². The number of hydrogen-bond donors (Lipinski definition) is 0. The smallest absolute Gasteiger partial charge is 0.352 e. The van der Waals surface area contributed by atoms with E-state index in [1.54, 1.807) is 56.3 Å². The Morgan fingerprint density at radius 3 is 2.50 bits per heavy atom. The molecule has 0 fully saturated rings. The summed E-state index contributed by atoms with van der Waals surface area (Å²) in [5.74, 6) is -0.702. The van der Waals surface area contributed by atoms with Crippen LogP contribution in [0.4, 0.5) is 0 Å². The van der Waals surface area contributed by atoms with Crippen molar-refractivity contribution in [1.82, 2.24) is 0 Å². The van der Waals surface area contributed by atoms with E-state index in [-0.39, 0.29) is 18.6 Å². The van der Waals surface area contributed by atoms with Crippen LogP contribution in [0.25, 0.3) is 11.0 Å². The van der Waals surface area contributed by atoms with E-state index in [0.29, 0.717) is 27.8 Å². The van der Waals surface area contributed by atoms with Crippen molar-refractivity contribution in [3.8, 4) is 5.75 Å². The van der Waals surface area contributed by atoms with E-state index >= 15 is 0 Å². The molecule has 156 valence electrons. The summed E-state index contributed by atoms with van der Waals surface area (Å²) in [6.45, 7) is 3.68. The number of ether oxygens (including phenoxy) is 3. The molecule has 0 saturated heterocycles. The molecule has 1 unspecified atom stereocenters. The number of fused-ring (bicyclic) bond motifs is 1. The third-order valence-corrected chi connectivity index (χ3v) is 4.66. The molecule has 0 radical (unpaired) electrons. The van der Waals surface area contributed by atoms with Gasteiger partial charge < -0.3 is 18.6 Å². The highest BCUT2D eigenvalue weighted by Gasteiger charge is 2.24. The predicted octanol–water partition coefficient (Wildman–Crippen LogP) is 3.50. The first-order chi connectivity index (χ1) is 14.4. The number of carbonyl (C=O) groups excluding carboxylic acids is 2. The maximum atomic E-state index is 12.4. The Morgan fingerprint density at radius 1 is 1.10 bits per heavy atom. The molecule has 30 heavy (non-hydrogen) atoms. The number of aryl methyl sites for hydroxylation is 1. The van der Waals surface area contributed by atoms with Crippen LogP contribution in [0.2, 0.25) is 0 Å². The van der Waals surface area contributed by atoms with Crippen LogP contribution in [0, 0.1) is 6.92 Å². The Morgan fingerprint density at radius 2 is 1.83 bits per heavy atom. The summed E-state index contributed by atoms with van der Waals surface area (Å²) in [7, 11) is 1.26. The first-order valence-electron chi connectivity index (χ1n) is 9.46. The van der Waals surface area contributed by atoms with Crippen molar-refractivity contribution in [3.05, 3.63) is 75.6 Å². The van der Waals surface area contributed by atoms with Crippen molar-refractivity contribution in [2.45, 2.75) is 26.4 Å². The van der Waals surface area contributed by atoms with Crippen LogP contribution >= 0.6 is 0 Å². The minimum absolute atomic E-state index is 0.169. The van der Waals surface area contributed by atoms with Crippen molar-refractivity contribution in [2.24, 2.45) is 0 Å². The number of rotatable bonds is 7. The topological polar surface area (TPSA) is 92.0 Å². The largest absolute Gasteiger partial charge is 0.474 e. The van der Waals surface area contributed by atoms with E-state index in [2.05, 4.69) is 4.74 Å². The molecule has 0 saturated carbocycles. The van der Waals surface area contributed by atoms with E-state index in [9.17, 15) is 14.4 Å². The third kappa shape index (κ3) is 4.51. The van der Waals surface area contributed by atoms with Gasteiger partial charge in [-0.05, 0) is 31.5 Å². The fourth-order valence-corrected chi connectivity index (χ4v) is 3.10. The summed E-state index contributed by atoms with van der Waals surface area (Å²) in [6, 6.07) is 13.9. The van der Waals surface area contributed by atoms with Gasteiger partial charge in [-0.25, -0.2) is 9.59 Å². The quantitative estimate of drug-likeness (QED) is 0.435. The molecule has 0 N–H and O–H groups in total. The van der Waals surface area contributed by atoms with Gasteiger partial charge in [-0.15, -0.1) is 0 Å². The molecule has 1 atom stereocenters. The lowest BCUT2D eigenvalue weighted by atomic mass is 10.0. The molecule has 0 aliphatic rings. The van der Waals surface area contributed by atoms with Gasteiger partial charge in [0.15, 0.2) is 0 Å². The molecule has 0 bridgehead atoms. The molecule has 7 nitrogen and oxygen atoms in total. The lowest BCUT2D eigenvalue weighted by Crippen LogP contribution is -2.21. The van der Waals surface area contributed by atoms with Gasteiger partial charge in [0.1, 0.15) is 11.3 Å². The first-order valence-corrected chi connectivity index (χ1v) is 9.46. The van der Waals surface area contributed by atoms with Crippen LogP contribution in [0.15, 0.2) is 57.7 Å². The molecular weight excluding hydrogens is 388 g/mol. The van der Waals surface area contributed by atoms with E-state index in [4.69, 9.17) is 13.9 Å². The lowest BCUT2D eigenvalue weighted by molar-refractivity contribution is -0.151. The first kappa shape index (κ1) is 21.1. The van der Waals surface area contributed by atoms with E-state index in [1.807, 2.05) is 6.07 Å². The average Bonchev–Trinajstić information content (AvgIpc) is 2.75. The van der Waals surface area contributed by atoms with Crippen LogP contribution < -0.4 is 10.4 Å². The summed E-state index contributed by atoms with van der Waals surface area (Å²) in [5, 5.41) is 0.660. The summed E-state index contributed by atoms with van der Waals surface area (Å²) in [4.78, 5) is 36.4. The highest BCUT2D eigenvalue weighted by molar-refractivity contribution is 5.84. The fourth-order valence-electron chi connectivity index (χ4n) is 3.10. The SMILES string of the molecule is CCOC(=O)C(Oc1ccc2c(C)c(CC(=O)OC)c(=O)oc2c1)c1ccccc1. The molecule has 3 rings (SSSR count). The molecule has 1 heterocycles. The van der Waals surface area contributed by atoms with Gasteiger partial charge in [0.25, 0.3) is 0 Å². The van der Waals surface area contributed by atoms with Crippen molar-refractivity contribution in [1.29, 1.82) is 0 Å². The maximum absolute atomic E-state index is 12.4. The molecule has 1 aromatic heterocycles. The van der Waals surface area contributed by atoms with Crippen LogP contribution in [0.1, 0.15) is 29.7 Å². The molecule has 7 heteroatoms. The number of carbonyl (C=O) groups is 2. The van der Waals surface area contributed by atoms with Crippen LogP contribution in [0.5, 0.6) is 5.75 Å². The Kier molecular flexibility index (Phi) is 6.51. The van der Waals surface area contributed by atoms with Gasteiger partial charge in [0.2, 0.25) is 6.10 Å². The number of hydrogen-bond acceptors (Lipinski definition) is 7. The van der Waals surface area contributed by atoms with Gasteiger partial charge in [0.05, 0.1) is 25.7 Å². The zero-order valence-electron chi connectivity index (χ0n) is 17.0. The Labute approximate surface area is 173 Å². The highest BCUT2D eigenvalue weighted by atomic mass is 16.6. The summed E-state index contributed by atoms with van der Waals surface area (Å²) < 4.78 is 21.1. The zero-order chi connectivity index (χ0) is 21.7. The van der Waals surface area contributed by atoms with Crippen LogP contribution in [0.3, 0.4) is 0 Å². The molecular formula is C23H22O7. The molecule has 0 spiro atoms. The summed E-state index contributed by atoms with van der Waals surface area (Å²) in [6.07, 6.45) is -1.13. The minimum atomic E-state index is -0.963. The van der Waals surface area contributed by atoms with Crippen molar-refractivity contribution < 1.29 is 28.2 Å². The summed E-state index contributed by atoms with van der Waals surface area (Å²) in [5.41, 5.74) is 1.19. The van der Waals surface area contributed by atoms with Gasteiger partial charge in [-0.1, -0.05) is 30.3 Å². The Balaban J connectivity index is 1.98. The second-order valence-corrected chi connectivity index (χ2v) is 6.56. The van der Waals surface area contributed by atoms with Gasteiger partial charge in [-0.2, -0.15) is 0 Å². The third-order valence-electron chi connectivity index (χ3n) is 4.66. The van der Waals surface area contributed by atoms with Crippen molar-refractivity contribution in [2.75, 3.05) is 13.7 Å². The predicted molar refractivity (Wildman–Crippen MR) is 109 cm³/mol. The Bertz CT molecular complexity index is 1120. The fraction of sp³-hybridized carbons (Fsp3) is 0.261. The molecule has 3 aromatic rings. The zero-order valence-corrected chi connectivity index (χ0v) is 17.0. The van der Waals surface area contributed by atoms with Gasteiger partial charge in [0, 0.05) is 17.0 Å². The van der Waals surface area contributed by atoms with E-state index in [1.165, 1.54) is 7.11 Å². The standard InChI is InChI=1S/C23H22O7/c1-4-28-23(26)21(15-8-6-5-7-9-15)29-16-10-11-17-14(2)18(13-20(24)27-3)22(25)30-19(17)12-16/h5-12,21H,4,13H2,1-3H3. The second kappa shape index (κ2) is 9.26. The Hall–Kier alpha value is -3.61. The summed E-state index contributed by atoms with van der Waals surface area (Å²) >= 11 is 0. The van der Waals surface area contributed by atoms with E-state index < -0.39 is 23.7 Å². The van der Waals surface area contributed by atoms with Gasteiger partial charge in [-0.3, -0.25) is 4.79 Å². The number of methoxy groups -OCH3 is 1. The normalized spacial score (nSPS) is 11.7. The molecule has 0 aliphatic heterocycles. The number of esters is 2. The molecule has 2 aromatic carbocycles. The highest BCUT2D eigenvalue weighted by Crippen LogP contribution is 2.28. The van der Waals surface area contributed by atoms with Crippen LogP contribution in [-0.4, -0.2) is 25.7 Å². The van der Waals surface area contributed by atoms with Crippen molar-refractivity contribution >= 4 is 22.9 Å². The number of benzene rings is 2. The molecule has 0 aliphatic carbocycles. The maximum Gasteiger partial charge on any atom is 0.352 e. The van der Waals surface area contributed by atoms with Crippen molar-refractivity contribution in [3.63, 3.8) is 0 Å².